The largest absolute Gasteiger partial charge is 0.416 e. The molecule has 1 saturated heterocycles. The first-order chi connectivity index (χ1) is 15.3. The fourth-order valence-corrected chi connectivity index (χ4v) is 3.92. The third-order valence-corrected chi connectivity index (χ3v) is 5.52. The van der Waals surface area contributed by atoms with Gasteiger partial charge in [-0.1, -0.05) is 31.2 Å². The highest BCUT2D eigenvalue weighted by Gasteiger charge is 2.50. The van der Waals surface area contributed by atoms with Gasteiger partial charge in [0.25, 0.3) is 0 Å². The summed E-state index contributed by atoms with van der Waals surface area (Å²) in [7, 11) is 0. The highest BCUT2D eigenvalue weighted by molar-refractivity contribution is 6.27. The molecule has 1 aliphatic heterocycles. The Morgan fingerprint density at radius 3 is 1.71 bits per heavy atom. The number of benzene rings is 1. The quantitative estimate of drug-likeness (QED) is 0.192. The lowest BCUT2D eigenvalue weighted by molar-refractivity contribution is -0.174. The molecule has 1 heterocycles. The second-order valence-electron chi connectivity index (χ2n) is 9.01. The van der Waals surface area contributed by atoms with Gasteiger partial charge in [0.2, 0.25) is 0 Å². The van der Waals surface area contributed by atoms with Gasteiger partial charge in [0.15, 0.2) is 11.6 Å². The minimum atomic E-state index is -5.01. The van der Waals surface area contributed by atoms with Crippen molar-refractivity contribution in [1.82, 2.24) is 0 Å². The zero-order valence-corrected chi connectivity index (χ0v) is 19.5. The van der Waals surface area contributed by atoms with Gasteiger partial charge >= 0.3 is 12.4 Å². The highest BCUT2D eigenvalue weighted by atomic mass is 19.4. The van der Waals surface area contributed by atoms with Crippen LogP contribution in [0.2, 0.25) is 0 Å². The molecule has 34 heavy (non-hydrogen) atoms. The SMILES string of the molecule is C=C/C=C(\CC(CC)=C1C(=O)C(C)(C)OC(C)(C)C1=O)c1cc(C(F)(F)F)cc(C(F)(F)F)c1. The van der Waals surface area contributed by atoms with E-state index in [2.05, 4.69) is 6.58 Å². The van der Waals surface area contributed by atoms with E-state index >= 15 is 0 Å². The maximum atomic E-state index is 13.4. The minimum Gasteiger partial charge on any atom is -0.353 e. The number of allylic oxidation sites excluding steroid dienone is 4. The predicted molar refractivity (Wildman–Crippen MR) is 116 cm³/mol. The van der Waals surface area contributed by atoms with Crippen LogP contribution in [0.5, 0.6) is 0 Å². The summed E-state index contributed by atoms with van der Waals surface area (Å²) in [5.41, 5.74) is -5.72. The Bertz CT molecular complexity index is 1010. The topological polar surface area (TPSA) is 43.4 Å². The fraction of sp³-hybridized carbons (Fsp3) is 0.440. The van der Waals surface area contributed by atoms with Crippen molar-refractivity contribution in [2.24, 2.45) is 0 Å². The van der Waals surface area contributed by atoms with Crippen LogP contribution in [0.15, 0.2) is 48.1 Å². The van der Waals surface area contributed by atoms with E-state index in [4.69, 9.17) is 4.74 Å². The van der Waals surface area contributed by atoms with E-state index in [1.54, 1.807) is 6.92 Å². The number of hydrogen-bond acceptors (Lipinski definition) is 3. The summed E-state index contributed by atoms with van der Waals surface area (Å²) in [4.78, 5) is 26.1. The van der Waals surface area contributed by atoms with E-state index in [9.17, 15) is 35.9 Å². The summed E-state index contributed by atoms with van der Waals surface area (Å²) in [5.74, 6) is -1.18. The number of alkyl halides is 6. The van der Waals surface area contributed by atoms with E-state index < -0.39 is 46.2 Å². The molecule has 0 aromatic heterocycles. The van der Waals surface area contributed by atoms with Crippen LogP contribution in [0.1, 0.15) is 64.2 Å². The fourth-order valence-electron chi connectivity index (χ4n) is 3.92. The van der Waals surface area contributed by atoms with Gasteiger partial charge in [-0.15, -0.1) is 0 Å². The smallest absolute Gasteiger partial charge is 0.353 e. The van der Waals surface area contributed by atoms with Gasteiger partial charge in [-0.25, -0.2) is 0 Å². The van der Waals surface area contributed by atoms with E-state index in [0.29, 0.717) is 17.7 Å². The number of Topliss-reactive ketones (excluding diaryl/α,β-unsaturated/α-hetero) is 2. The Kier molecular flexibility index (Phi) is 7.43. The zero-order valence-electron chi connectivity index (χ0n) is 19.5. The van der Waals surface area contributed by atoms with Crippen LogP contribution in [0.25, 0.3) is 5.57 Å². The monoisotopic (exact) mass is 488 g/mol. The molecule has 1 aliphatic rings. The summed E-state index contributed by atoms with van der Waals surface area (Å²) in [6.45, 7) is 11.1. The van der Waals surface area contributed by atoms with Crippen molar-refractivity contribution in [2.75, 3.05) is 0 Å². The van der Waals surface area contributed by atoms with E-state index in [1.165, 1.54) is 39.8 Å². The van der Waals surface area contributed by atoms with Gasteiger partial charge in [0, 0.05) is 0 Å². The van der Waals surface area contributed by atoms with Crippen molar-refractivity contribution in [3.8, 4) is 0 Å². The van der Waals surface area contributed by atoms with Crippen LogP contribution in [-0.4, -0.2) is 22.8 Å². The van der Waals surface area contributed by atoms with Gasteiger partial charge in [-0.2, -0.15) is 26.3 Å². The van der Waals surface area contributed by atoms with Crippen LogP contribution in [0, 0.1) is 0 Å². The van der Waals surface area contributed by atoms with Crippen LogP contribution in [0.4, 0.5) is 26.3 Å². The Morgan fingerprint density at radius 1 is 0.912 bits per heavy atom. The van der Waals surface area contributed by atoms with E-state index in [1.807, 2.05) is 0 Å². The van der Waals surface area contributed by atoms with Crippen LogP contribution < -0.4 is 0 Å². The number of carbonyl (C=O) groups excluding carboxylic acids is 2. The first kappa shape index (κ1) is 27.6. The number of ketones is 2. The molecule has 0 aliphatic carbocycles. The summed E-state index contributed by atoms with van der Waals surface area (Å²) >= 11 is 0. The molecule has 1 aromatic carbocycles. The first-order valence-corrected chi connectivity index (χ1v) is 10.5. The maximum Gasteiger partial charge on any atom is 0.416 e. The Hall–Kier alpha value is -2.68. The second kappa shape index (κ2) is 9.17. The number of halogens is 6. The van der Waals surface area contributed by atoms with Gasteiger partial charge in [-0.05, 0) is 69.9 Å². The van der Waals surface area contributed by atoms with Crippen molar-refractivity contribution < 1.29 is 40.7 Å². The average Bonchev–Trinajstić information content (AvgIpc) is 2.69. The third-order valence-electron chi connectivity index (χ3n) is 5.52. The molecule has 0 atom stereocenters. The number of ether oxygens (including phenoxy) is 1. The van der Waals surface area contributed by atoms with Crippen LogP contribution in [-0.2, 0) is 26.7 Å². The van der Waals surface area contributed by atoms with Gasteiger partial charge in [-0.3, -0.25) is 9.59 Å². The number of carbonyl (C=O) groups is 2. The lowest BCUT2D eigenvalue weighted by atomic mass is 9.78. The van der Waals surface area contributed by atoms with Gasteiger partial charge in [0.05, 0.1) is 16.7 Å². The predicted octanol–water partition coefficient (Wildman–Crippen LogP) is 7.12. The van der Waals surface area contributed by atoms with Crippen molar-refractivity contribution in [1.29, 1.82) is 0 Å². The van der Waals surface area contributed by atoms with Gasteiger partial charge < -0.3 is 4.74 Å². The lowest BCUT2D eigenvalue weighted by Gasteiger charge is -2.40. The zero-order chi connectivity index (χ0) is 26.3. The second-order valence-corrected chi connectivity index (χ2v) is 9.01. The van der Waals surface area contributed by atoms with Crippen molar-refractivity contribution in [2.45, 2.75) is 71.0 Å². The van der Waals surface area contributed by atoms with Crippen LogP contribution in [0.3, 0.4) is 0 Å². The third kappa shape index (κ3) is 5.68. The Morgan fingerprint density at radius 2 is 1.35 bits per heavy atom. The molecule has 0 radical (unpaired) electrons. The van der Waals surface area contributed by atoms with E-state index in [0.717, 1.165) is 0 Å². The molecule has 1 fully saturated rings. The Balaban J connectivity index is 2.73. The molecule has 9 heteroatoms. The summed E-state index contributed by atoms with van der Waals surface area (Å²) in [6, 6.07) is 1.28. The van der Waals surface area contributed by atoms with Crippen molar-refractivity contribution in [3.05, 3.63) is 64.8 Å². The lowest BCUT2D eigenvalue weighted by Crippen LogP contribution is -2.55. The number of rotatable bonds is 5. The maximum absolute atomic E-state index is 13.4. The molecule has 0 amide bonds. The molecule has 0 N–H and O–H groups in total. The molecule has 0 saturated carbocycles. The summed E-state index contributed by atoms with van der Waals surface area (Å²) < 4.78 is 85.8. The molecule has 0 unspecified atom stereocenters. The van der Waals surface area contributed by atoms with Crippen LogP contribution >= 0.6 is 0 Å². The number of hydrogen-bond donors (Lipinski definition) is 0. The average molecular weight is 488 g/mol. The molecule has 186 valence electrons. The Labute approximate surface area is 194 Å². The molecule has 0 spiro atoms. The normalized spacial score (nSPS) is 18.8. The molecule has 1 aromatic rings. The standard InChI is InChI=1S/C25H26F6O3/c1-7-9-15(16-11-17(24(26,27)28)13-18(12-16)25(29,30)31)10-14(8-2)19-20(32)22(3,4)34-23(5,6)21(19)33/h7,9,11-13H,1,8,10H2,2-6H3/b15-9+. The minimum absolute atomic E-state index is 0.0464. The molecule has 0 bridgehead atoms. The molecule has 2 rings (SSSR count). The van der Waals surface area contributed by atoms with Gasteiger partial charge in [0.1, 0.15) is 11.2 Å². The van der Waals surface area contributed by atoms with Crippen molar-refractivity contribution >= 4 is 17.1 Å². The summed E-state index contributed by atoms with van der Waals surface area (Å²) in [5, 5.41) is 0. The molecular weight excluding hydrogens is 462 g/mol. The van der Waals surface area contributed by atoms with E-state index in [-0.39, 0.29) is 35.6 Å². The summed E-state index contributed by atoms with van der Waals surface area (Å²) in [6.07, 6.45) is -7.58. The first-order valence-electron chi connectivity index (χ1n) is 10.5. The van der Waals surface area contributed by atoms with Crippen molar-refractivity contribution in [3.63, 3.8) is 0 Å². The highest BCUT2D eigenvalue weighted by Crippen LogP contribution is 2.40. The molecular formula is C25H26F6O3. The molecule has 3 nitrogen and oxygen atoms in total.